The average Bonchev–Trinajstić information content (AvgIpc) is 1.67. The van der Waals surface area contributed by atoms with Gasteiger partial charge in [-0.2, -0.15) is 22.0 Å². The number of benzene rings is 3. The Kier molecular flexibility index (Phi) is 21.2. The minimum absolute atomic E-state index is 0.0503. The molecular weight excluding hydrogens is 1220 g/mol. The Balaban J connectivity index is 0.840. The molecule has 0 spiro atoms. The first-order valence-corrected chi connectivity index (χ1v) is 34.1. The highest BCUT2D eigenvalue weighted by molar-refractivity contribution is 7.85. The Morgan fingerprint density at radius 3 is 2.29 bits per heavy atom. The Labute approximate surface area is 501 Å². The van der Waals surface area contributed by atoms with Gasteiger partial charge in [0.05, 0.1) is 17.6 Å². The van der Waals surface area contributed by atoms with Crippen LogP contribution in [0.3, 0.4) is 0 Å². The van der Waals surface area contributed by atoms with Crippen molar-refractivity contribution < 1.29 is 83.5 Å². The number of aliphatic hydroxyl groups excluding tert-OH is 2. The van der Waals surface area contributed by atoms with Crippen molar-refractivity contribution in [2.75, 3.05) is 55.3 Å². The molecule has 0 saturated carbocycles. The van der Waals surface area contributed by atoms with Gasteiger partial charge in [-0.15, -0.1) is 0 Å². The molecule has 1 fully saturated rings. The number of amides is 1. The van der Waals surface area contributed by atoms with Crippen LogP contribution < -0.4 is 36.8 Å². The molecule has 2 aromatic carbocycles. The number of fused-ring (bicyclic) bond motifs is 3. The number of unbranched alkanes of at least 4 members (excludes halogenated alkanes) is 5. The van der Waals surface area contributed by atoms with Gasteiger partial charge in [-0.3, -0.25) is 28.2 Å². The van der Waals surface area contributed by atoms with Crippen molar-refractivity contribution in [3.8, 4) is 22.6 Å². The number of aromatic amines is 1. The van der Waals surface area contributed by atoms with Crippen LogP contribution in [0.4, 0.5) is 17.6 Å². The van der Waals surface area contributed by atoms with Crippen molar-refractivity contribution in [3.63, 3.8) is 0 Å². The molecule has 5 heterocycles. The largest absolute Gasteiger partial charge is 0.490 e. The number of carbonyl (C=O) groups is 1. The van der Waals surface area contributed by atoms with Crippen LogP contribution in [0.1, 0.15) is 102 Å². The molecule has 0 bridgehead atoms. The summed E-state index contributed by atoms with van der Waals surface area (Å²) in [7, 11) is -21.6. The Hall–Kier alpha value is -6.23. The zero-order valence-corrected chi connectivity index (χ0v) is 51.9. The molecule has 2 unspecified atom stereocenters. The molecule has 32 heteroatoms. The molecule has 1 aliphatic carbocycles. The van der Waals surface area contributed by atoms with Crippen molar-refractivity contribution in [2.24, 2.45) is 0 Å². The maximum atomic E-state index is 13.0. The zero-order valence-electron chi connectivity index (χ0n) is 48.4. The lowest BCUT2D eigenvalue weighted by Crippen LogP contribution is -2.34. The molecule has 3 aliphatic heterocycles. The number of aromatic nitrogens is 4. The van der Waals surface area contributed by atoms with E-state index in [-0.39, 0.29) is 40.4 Å². The first kappa shape index (κ1) is 66.7. The number of allylic oxidation sites excluding steroid dienone is 3. The minimum Gasteiger partial charge on any atom is -0.456 e. The fourth-order valence-corrected chi connectivity index (χ4v) is 14.3. The van der Waals surface area contributed by atoms with E-state index in [9.17, 15) is 56.3 Å². The smallest absolute Gasteiger partial charge is 0.456 e. The lowest BCUT2D eigenvalue weighted by atomic mass is 9.83. The number of carbonyl (C=O) groups excluding carboxylic acids is 1. The zero-order chi connectivity index (χ0) is 63.2. The Morgan fingerprint density at radius 2 is 1.60 bits per heavy atom. The fourth-order valence-electron chi connectivity index (χ4n) is 10.8. The van der Waals surface area contributed by atoms with Crippen molar-refractivity contribution in [3.05, 3.63) is 117 Å². The molecule has 87 heavy (non-hydrogen) atoms. The topological polar surface area (TPSA) is 414 Å². The third-order valence-electron chi connectivity index (χ3n) is 15.0. The highest BCUT2D eigenvalue weighted by Gasteiger charge is 2.48. The van der Waals surface area contributed by atoms with E-state index in [1.807, 2.05) is 50.3 Å². The SMILES string of the molecule is CC[N+](CC)=c1ccc2c(/C=C/C=C3/N(CCCCCC(=O)NCCCCCCNc4nc5c(=O)[nH]c(N)nc5n4[C@@H]4O[C@H](COP(=O)(O)OP(=O)(O)OP(=O)(O)O)[C@@H](O)[C@H]4O)c4ccc(S(=O)(=O)O)cc4C3(C)C)c(C)c(-c3ccccc3)oc-2c1. The summed E-state index contributed by atoms with van der Waals surface area (Å²) in [6.07, 6.45) is 4.22. The number of nitrogens with one attached hydrogen (secondary N) is 3. The monoisotopic (exact) mass is 1290 g/mol. The lowest BCUT2D eigenvalue weighted by molar-refractivity contribution is -0.121. The van der Waals surface area contributed by atoms with Crippen LogP contribution in [-0.2, 0) is 51.9 Å². The lowest BCUT2D eigenvalue weighted by Gasteiger charge is -2.27. The third kappa shape index (κ3) is 16.2. The van der Waals surface area contributed by atoms with E-state index in [0.717, 1.165) is 86.6 Å². The summed E-state index contributed by atoms with van der Waals surface area (Å²) < 4.78 is 97.7. The van der Waals surface area contributed by atoms with Crippen molar-refractivity contribution in [1.29, 1.82) is 0 Å². The molecule has 1 saturated heterocycles. The molecule has 0 radical (unpaired) electrons. The van der Waals surface area contributed by atoms with E-state index < -0.39 is 75.7 Å². The van der Waals surface area contributed by atoms with Crippen LogP contribution in [0.15, 0.2) is 98.7 Å². The summed E-state index contributed by atoms with van der Waals surface area (Å²) in [5.41, 5.74) is 10.3. The van der Waals surface area contributed by atoms with Gasteiger partial charge in [0.15, 0.2) is 17.4 Å². The third-order valence-corrected chi connectivity index (χ3v) is 19.7. The van der Waals surface area contributed by atoms with E-state index in [1.54, 1.807) is 6.07 Å². The maximum Gasteiger partial charge on any atom is 0.490 e. The van der Waals surface area contributed by atoms with Crippen molar-refractivity contribution >= 4 is 74.3 Å². The number of rotatable bonds is 28. The number of aliphatic hydroxyl groups is 2. The summed E-state index contributed by atoms with van der Waals surface area (Å²) in [6, 6.07) is 21.0. The number of hydrogen-bond donors (Lipinski definition) is 11. The van der Waals surface area contributed by atoms with Gasteiger partial charge < -0.3 is 60.2 Å². The van der Waals surface area contributed by atoms with Gasteiger partial charge >= 0.3 is 23.5 Å². The standard InChI is InChI=1S/C55H72N9O19P3S/c1-6-62(7-2)36-24-26-39-38(34(3)49(80-42(39)31-36)35-19-12-10-13-20-35)21-18-22-44-55(4,5)40-32-37(87(76,77)78)25-27-41(40)63(44)30-17-11-14-23-45(65)57-28-15-8-9-16-29-58-54-59-46-50(60-53(56)61-51(46)68)64(54)52-48(67)47(66)43(81-52)33-79-85(72,73)83-86(74,75)82-84(69,70)71/h10,12-13,18-22,24-27,31-32,43,47-48,52,66-67H,6-9,11,14-17,23,28-30,33H2,1-5H3,(H9-,56,57,58,59,60,61,65,68,69,70,71,72,73,74,75,76,77,78)/p+1/t43-,47-,48-,52-/m1/s1. The van der Waals surface area contributed by atoms with Crippen molar-refractivity contribution in [1.82, 2.24) is 29.4 Å². The normalized spacial score (nSPS) is 19.7. The number of H-pyrrole nitrogens is 1. The van der Waals surface area contributed by atoms with Crippen LogP contribution in [0.2, 0.25) is 0 Å². The molecule has 8 rings (SSSR count). The molecule has 472 valence electrons. The van der Waals surface area contributed by atoms with E-state index in [0.29, 0.717) is 51.6 Å². The van der Waals surface area contributed by atoms with E-state index in [4.69, 9.17) is 24.7 Å². The number of imidazole rings is 1. The van der Waals surface area contributed by atoms with Crippen LogP contribution >= 0.6 is 23.5 Å². The van der Waals surface area contributed by atoms with Crippen LogP contribution in [0.5, 0.6) is 0 Å². The quantitative estimate of drug-likeness (QED) is 0.0109. The molecule has 28 nitrogen and oxygen atoms in total. The number of nitrogen functional groups attached to an aromatic ring is 1. The predicted octanol–water partition coefficient (Wildman–Crippen LogP) is 6.44. The van der Waals surface area contributed by atoms with Gasteiger partial charge in [-0.05, 0) is 87.9 Å². The number of hydrogen-bond acceptors (Lipinski definition) is 19. The summed E-state index contributed by atoms with van der Waals surface area (Å²) in [5.74, 6) is 1.04. The highest BCUT2D eigenvalue weighted by atomic mass is 32.2. The molecule has 1 amide bonds. The summed E-state index contributed by atoms with van der Waals surface area (Å²) >= 11 is 0. The molecule has 2 aromatic heterocycles. The second-order valence-corrected chi connectivity index (χ2v) is 27.2. The molecule has 4 aromatic rings. The van der Waals surface area contributed by atoms with Gasteiger partial charge in [-0.1, -0.05) is 75.6 Å². The second kappa shape index (κ2) is 27.7. The van der Waals surface area contributed by atoms with Gasteiger partial charge in [-0.25, -0.2) is 23.3 Å². The molecule has 4 aliphatic rings. The molecule has 6 atom stereocenters. The predicted molar refractivity (Wildman–Crippen MR) is 322 cm³/mol. The fraction of sp³-hybridized carbons (Fsp3) is 0.436. The van der Waals surface area contributed by atoms with Gasteiger partial charge in [0.1, 0.15) is 42.9 Å². The van der Waals surface area contributed by atoms with Crippen LogP contribution in [0.25, 0.3) is 39.9 Å². The number of anilines is 3. The van der Waals surface area contributed by atoms with Gasteiger partial charge in [0.2, 0.25) is 23.2 Å². The first-order valence-electron chi connectivity index (χ1n) is 28.1. The number of nitrogens with zero attached hydrogens (tertiary/aromatic N) is 5. The number of nitrogens with two attached hydrogens (primary N) is 1. The molecule has 12 N–H and O–H groups in total. The molecular formula is C55H73N9O19P3S+. The Bertz CT molecular complexity index is 3920. The van der Waals surface area contributed by atoms with Crippen LogP contribution in [-0.4, -0.2) is 126 Å². The summed E-state index contributed by atoms with van der Waals surface area (Å²) in [4.78, 5) is 75.5. The summed E-state index contributed by atoms with van der Waals surface area (Å²) in [6.45, 7) is 12.2. The Morgan fingerprint density at radius 1 is 0.897 bits per heavy atom. The average molecular weight is 1290 g/mol. The number of phosphoric acid groups is 3. The van der Waals surface area contributed by atoms with Crippen molar-refractivity contribution in [2.45, 2.75) is 121 Å². The van der Waals surface area contributed by atoms with E-state index in [2.05, 4.69) is 99.3 Å². The highest BCUT2D eigenvalue weighted by Crippen LogP contribution is 2.66. The number of phosphoric ester groups is 1. The maximum absolute atomic E-state index is 13.0. The van der Waals surface area contributed by atoms with Crippen LogP contribution in [0, 0.1) is 6.92 Å². The number of ether oxygens (including phenoxy) is 1. The summed E-state index contributed by atoms with van der Waals surface area (Å²) in [5, 5.41) is 29.0. The van der Waals surface area contributed by atoms with E-state index >= 15 is 0 Å². The van der Waals surface area contributed by atoms with Gasteiger partial charge in [0, 0.05) is 65.6 Å². The first-order chi connectivity index (χ1) is 41.0. The second-order valence-electron chi connectivity index (χ2n) is 21.4. The van der Waals surface area contributed by atoms with E-state index in [1.165, 1.54) is 12.1 Å². The minimum atomic E-state index is -5.85. The van der Waals surface area contributed by atoms with Gasteiger partial charge in [0.25, 0.3) is 15.7 Å².